The van der Waals surface area contributed by atoms with Crippen LogP contribution in [0, 0.1) is 13.8 Å². The Labute approximate surface area is 191 Å². The zero-order valence-corrected chi connectivity index (χ0v) is 19.0. The molecule has 0 bridgehead atoms. The molecule has 0 aromatic heterocycles. The zero-order chi connectivity index (χ0) is 22.7. The number of rotatable bonds is 6. The summed E-state index contributed by atoms with van der Waals surface area (Å²) in [5.41, 5.74) is 5.70. The number of hydrogen-bond acceptors (Lipinski definition) is 4. The lowest BCUT2D eigenvalue weighted by Crippen LogP contribution is -2.49. The van der Waals surface area contributed by atoms with Gasteiger partial charge in [0.05, 0.1) is 6.42 Å². The Hall–Kier alpha value is -2.97. The number of amides is 3. The first kappa shape index (κ1) is 22.7. The summed E-state index contributed by atoms with van der Waals surface area (Å²) in [6.45, 7) is 5.98. The van der Waals surface area contributed by atoms with E-state index in [1.165, 1.54) is 9.91 Å². The van der Waals surface area contributed by atoms with Crippen molar-refractivity contribution in [2.45, 2.75) is 33.2 Å². The Bertz CT molecular complexity index is 1040. The Morgan fingerprint density at radius 2 is 1.81 bits per heavy atom. The summed E-state index contributed by atoms with van der Waals surface area (Å²) in [6.07, 6.45) is -0.163. The highest BCUT2D eigenvalue weighted by Crippen LogP contribution is 2.21. The van der Waals surface area contributed by atoms with Gasteiger partial charge in [0.25, 0.3) is 11.8 Å². The van der Waals surface area contributed by atoms with Gasteiger partial charge in [-0.15, -0.1) is 0 Å². The molecular weight excluding hydrogens is 436 g/mol. The first-order valence-corrected chi connectivity index (χ1v) is 10.6. The van der Waals surface area contributed by atoms with Crippen molar-refractivity contribution in [3.8, 4) is 0 Å². The molecule has 3 amide bonds. The van der Waals surface area contributed by atoms with Crippen LogP contribution in [0.15, 0.2) is 42.5 Å². The van der Waals surface area contributed by atoms with Crippen LogP contribution in [0.1, 0.15) is 34.8 Å². The zero-order valence-electron chi connectivity index (χ0n) is 17.4. The summed E-state index contributed by atoms with van der Waals surface area (Å²) in [5.74, 6) is -1.14. The fraction of sp³-hybridized carbons (Fsp3) is 0.273. The highest BCUT2D eigenvalue weighted by molar-refractivity contribution is 7.80. The molecule has 0 saturated carbocycles. The minimum atomic E-state index is -0.936. The van der Waals surface area contributed by atoms with Crippen molar-refractivity contribution >= 4 is 52.3 Å². The standard InChI is InChI=1S/C22H23ClN4O3S/c1-4-26-21(30)18(12-19(28)24-17-10-5-13(2)11-14(17)3)27(22(26)31)25-20(29)15-6-8-16(23)9-7-15/h5-11,18H,4,12H2,1-3H3,(H,24,28)(H,25,29). The van der Waals surface area contributed by atoms with Crippen molar-refractivity contribution in [2.24, 2.45) is 0 Å². The fourth-order valence-corrected chi connectivity index (χ4v) is 3.87. The monoisotopic (exact) mass is 458 g/mol. The van der Waals surface area contributed by atoms with Gasteiger partial charge >= 0.3 is 0 Å². The summed E-state index contributed by atoms with van der Waals surface area (Å²) in [4.78, 5) is 39.6. The van der Waals surface area contributed by atoms with E-state index < -0.39 is 11.9 Å². The molecule has 31 heavy (non-hydrogen) atoms. The maximum Gasteiger partial charge on any atom is 0.269 e. The number of likely N-dealkylation sites (N-methyl/N-ethyl adjacent to an activating group) is 1. The summed E-state index contributed by atoms with van der Waals surface area (Å²) in [5, 5.41) is 4.78. The van der Waals surface area contributed by atoms with Crippen LogP contribution in [-0.4, -0.2) is 45.3 Å². The first-order valence-electron chi connectivity index (χ1n) is 9.79. The number of nitrogens with one attached hydrogen (secondary N) is 2. The number of thiocarbonyl (C=S) groups is 1. The smallest absolute Gasteiger partial charge is 0.269 e. The van der Waals surface area contributed by atoms with E-state index in [2.05, 4.69) is 10.7 Å². The molecule has 0 aliphatic carbocycles. The summed E-state index contributed by atoms with van der Waals surface area (Å²) < 4.78 is 0. The van der Waals surface area contributed by atoms with Crippen LogP contribution in [0.5, 0.6) is 0 Å². The van der Waals surface area contributed by atoms with E-state index in [4.69, 9.17) is 23.8 Å². The van der Waals surface area contributed by atoms with Gasteiger partial charge in [0.2, 0.25) is 5.91 Å². The van der Waals surface area contributed by atoms with Crippen molar-refractivity contribution in [1.29, 1.82) is 0 Å². The molecule has 1 aliphatic rings. The summed E-state index contributed by atoms with van der Waals surface area (Å²) >= 11 is 11.3. The van der Waals surface area contributed by atoms with Crippen molar-refractivity contribution in [3.05, 3.63) is 64.2 Å². The van der Waals surface area contributed by atoms with Gasteiger partial charge in [-0.1, -0.05) is 29.3 Å². The third kappa shape index (κ3) is 5.03. The summed E-state index contributed by atoms with van der Waals surface area (Å²) in [7, 11) is 0. The molecule has 3 rings (SSSR count). The number of hydrazine groups is 1. The second-order valence-electron chi connectivity index (χ2n) is 7.27. The van der Waals surface area contributed by atoms with Crippen molar-refractivity contribution < 1.29 is 14.4 Å². The predicted octanol–water partition coefficient (Wildman–Crippen LogP) is 3.45. The van der Waals surface area contributed by atoms with Gasteiger partial charge in [0.15, 0.2) is 5.11 Å². The highest BCUT2D eigenvalue weighted by atomic mass is 35.5. The largest absolute Gasteiger partial charge is 0.326 e. The van der Waals surface area contributed by atoms with Gasteiger partial charge in [-0.05, 0) is 68.9 Å². The molecule has 1 heterocycles. The van der Waals surface area contributed by atoms with E-state index in [0.29, 0.717) is 22.8 Å². The molecule has 1 aliphatic heterocycles. The summed E-state index contributed by atoms with van der Waals surface area (Å²) in [6, 6.07) is 11.1. The molecular formula is C22H23ClN4O3S. The molecule has 2 aromatic rings. The maximum absolute atomic E-state index is 12.9. The van der Waals surface area contributed by atoms with Crippen molar-refractivity contribution in [3.63, 3.8) is 0 Å². The number of halogens is 1. The molecule has 9 heteroatoms. The molecule has 1 saturated heterocycles. The number of nitrogens with zero attached hydrogens (tertiary/aromatic N) is 2. The number of hydrogen-bond donors (Lipinski definition) is 2. The Morgan fingerprint density at radius 3 is 2.42 bits per heavy atom. The Balaban J connectivity index is 1.77. The van der Waals surface area contributed by atoms with E-state index >= 15 is 0 Å². The van der Waals surface area contributed by atoms with Gasteiger partial charge in [-0.2, -0.15) is 0 Å². The third-order valence-electron chi connectivity index (χ3n) is 4.98. The molecule has 1 unspecified atom stereocenters. The molecule has 2 aromatic carbocycles. The lowest BCUT2D eigenvalue weighted by molar-refractivity contribution is -0.130. The van der Waals surface area contributed by atoms with Crippen molar-refractivity contribution in [2.75, 3.05) is 11.9 Å². The molecule has 0 radical (unpaired) electrons. The number of carbonyl (C=O) groups excluding carboxylic acids is 3. The second kappa shape index (κ2) is 9.45. The van der Waals surface area contributed by atoms with Crippen LogP contribution in [0.25, 0.3) is 0 Å². The van der Waals surface area contributed by atoms with E-state index in [0.717, 1.165) is 11.1 Å². The van der Waals surface area contributed by atoms with Crippen LogP contribution in [-0.2, 0) is 9.59 Å². The van der Waals surface area contributed by atoms with E-state index in [-0.39, 0.29) is 23.3 Å². The number of aryl methyl sites for hydroxylation is 2. The molecule has 0 spiro atoms. The SMILES string of the molecule is CCN1C(=O)C(CC(=O)Nc2ccc(C)cc2C)N(NC(=O)c2ccc(Cl)cc2)C1=S. The predicted molar refractivity (Wildman–Crippen MR) is 124 cm³/mol. The van der Waals surface area contributed by atoms with Crippen LogP contribution in [0.2, 0.25) is 5.02 Å². The van der Waals surface area contributed by atoms with Crippen LogP contribution >= 0.6 is 23.8 Å². The van der Waals surface area contributed by atoms with Crippen molar-refractivity contribution in [1.82, 2.24) is 15.3 Å². The van der Waals surface area contributed by atoms with Gasteiger partial charge < -0.3 is 5.32 Å². The minimum absolute atomic E-state index is 0.152. The highest BCUT2D eigenvalue weighted by Gasteiger charge is 2.43. The molecule has 162 valence electrons. The lowest BCUT2D eigenvalue weighted by atomic mass is 10.1. The van der Waals surface area contributed by atoms with E-state index in [1.807, 2.05) is 32.0 Å². The quantitative estimate of drug-likeness (QED) is 0.648. The normalized spacial score (nSPS) is 15.9. The van der Waals surface area contributed by atoms with Gasteiger partial charge in [-0.3, -0.25) is 24.7 Å². The topological polar surface area (TPSA) is 81.8 Å². The van der Waals surface area contributed by atoms with Crippen LogP contribution < -0.4 is 10.7 Å². The maximum atomic E-state index is 12.9. The fourth-order valence-electron chi connectivity index (χ4n) is 3.35. The lowest BCUT2D eigenvalue weighted by Gasteiger charge is -2.24. The average molecular weight is 459 g/mol. The molecule has 1 atom stereocenters. The molecule has 7 nitrogen and oxygen atoms in total. The molecule has 2 N–H and O–H groups in total. The molecule has 1 fully saturated rings. The number of anilines is 1. The van der Waals surface area contributed by atoms with Gasteiger partial charge in [0, 0.05) is 22.8 Å². The van der Waals surface area contributed by atoms with Crippen LogP contribution in [0.3, 0.4) is 0 Å². The Morgan fingerprint density at radius 1 is 1.13 bits per heavy atom. The number of benzene rings is 2. The number of carbonyl (C=O) groups is 3. The first-order chi connectivity index (χ1) is 14.7. The van der Waals surface area contributed by atoms with Gasteiger partial charge in [-0.25, -0.2) is 5.01 Å². The minimum Gasteiger partial charge on any atom is -0.326 e. The third-order valence-corrected chi connectivity index (χ3v) is 5.65. The second-order valence-corrected chi connectivity index (χ2v) is 8.07. The van der Waals surface area contributed by atoms with Crippen LogP contribution in [0.4, 0.5) is 5.69 Å². The average Bonchev–Trinajstić information content (AvgIpc) is 2.94. The van der Waals surface area contributed by atoms with E-state index in [1.54, 1.807) is 31.2 Å². The Kier molecular flexibility index (Phi) is 6.92. The van der Waals surface area contributed by atoms with E-state index in [9.17, 15) is 14.4 Å². The van der Waals surface area contributed by atoms with Gasteiger partial charge in [0.1, 0.15) is 6.04 Å².